The van der Waals surface area contributed by atoms with Gasteiger partial charge in [-0.1, -0.05) is 35.9 Å². The van der Waals surface area contributed by atoms with Crippen LogP contribution < -0.4 is 4.74 Å². The van der Waals surface area contributed by atoms with Gasteiger partial charge in [-0.25, -0.2) is 9.97 Å². The molecule has 3 heterocycles. The Morgan fingerprint density at radius 2 is 1.75 bits per heavy atom. The smallest absolute Gasteiger partial charge is 0.143 e. The van der Waals surface area contributed by atoms with Gasteiger partial charge in [0.25, 0.3) is 0 Å². The van der Waals surface area contributed by atoms with Crippen molar-refractivity contribution in [3.05, 3.63) is 96.3 Å². The van der Waals surface area contributed by atoms with Gasteiger partial charge in [0.15, 0.2) is 0 Å². The van der Waals surface area contributed by atoms with Crippen molar-refractivity contribution in [3.8, 4) is 34.0 Å². The van der Waals surface area contributed by atoms with Gasteiger partial charge in [-0.3, -0.25) is 0 Å². The third-order valence-electron chi connectivity index (χ3n) is 6.06. The molecule has 0 bridgehead atoms. The molecule has 0 N–H and O–H groups in total. The number of methoxy groups -OCH3 is 1. The summed E-state index contributed by atoms with van der Waals surface area (Å²) < 4.78 is 9.94. The van der Waals surface area contributed by atoms with Crippen LogP contribution in [0, 0.1) is 13.8 Å². The van der Waals surface area contributed by atoms with E-state index in [0.29, 0.717) is 0 Å². The maximum atomic E-state index is 5.71. The van der Waals surface area contributed by atoms with Crippen LogP contribution in [0.15, 0.2) is 79.5 Å². The summed E-state index contributed by atoms with van der Waals surface area (Å²) in [4.78, 5) is 9.14. The molecule has 5 nitrogen and oxygen atoms in total. The number of imidazole rings is 1. The number of hydrogen-bond acceptors (Lipinski definition) is 3. The van der Waals surface area contributed by atoms with Gasteiger partial charge in [-0.15, -0.1) is 0 Å². The molecule has 0 saturated carbocycles. The maximum Gasteiger partial charge on any atom is 0.143 e. The quantitative estimate of drug-likeness (QED) is 0.345. The first-order valence-corrected chi connectivity index (χ1v) is 10.8. The molecular formula is C27H26N4O. The van der Waals surface area contributed by atoms with Crippen molar-refractivity contribution in [1.29, 1.82) is 0 Å². The number of nitrogens with zero attached hydrogens (tertiary/aromatic N) is 4. The standard InChI is InChI=1S/C27H26N4O/c1-18-7-9-21(10-8-18)20(3)31-13-5-6-23-24(15-28-27(23)31)22-11-12-25(26(14-22)32-4)30-16-19(2)29-17-30/h5-17,20H,1-4H3. The van der Waals surface area contributed by atoms with Crippen LogP contribution in [-0.4, -0.2) is 26.2 Å². The molecule has 1 unspecified atom stereocenters. The minimum Gasteiger partial charge on any atom is -0.495 e. The van der Waals surface area contributed by atoms with Crippen LogP contribution in [-0.2, 0) is 0 Å². The van der Waals surface area contributed by atoms with E-state index in [1.54, 1.807) is 7.11 Å². The molecule has 3 aromatic rings. The fraction of sp³-hybridized carbons (Fsp3) is 0.185. The van der Waals surface area contributed by atoms with Gasteiger partial charge < -0.3 is 13.9 Å². The van der Waals surface area contributed by atoms with Crippen molar-refractivity contribution in [3.63, 3.8) is 0 Å². The first-order chi connectivity index (χ1) is 15.5. The molecule has 0 fully saturated rings. The molecule has 0 spiro atoms. The summed E-state index contributed by atoms with van der Waals surface area (Å²) >= 11 is 0. The van der Waals surface area contributed by atoms with Gasteiger partial charge in [0.05, 0.1) is 30.9 Å². The van der Waals surface area contributed by atoms with E-state index in [1.807, 2.05) is 30.2 Å². The summed E-state index contributed by atoms with van der Waals surface area (Å²) in [5.74, 6) is 1.77. The Bertz CT molecular complexity index is 1350. The second-order valence-electron chi connectivity index (χ2n) is 8.22. The fourth-order valence-electron chi connectivity index (χ4n) is 4.22. The number of fused-ring (bicyclic) bond motifs is 1. The molecule has 2 aromatic carbocycles. The monoisotopic (exact) mass is 422 g/mol. The molecule has 0 aliphatic carbocycles. The van der Waals surface area contributed by atoms with Crippen molar-refractivity contribution in [2.45, 2.75) is 26.8 Å². The average Bonchev–Trinajstić information content (AvgIpc) is 3.45. The first-order valence-electron chi connectivity index (χ1n) is 10.8. The van der Waals surface area contributed by atoms with Crippen molar-refractivity contribution < 1.29 is 4.74 Å². The zero-order valence-corrected chi connectivity index (χ0v) is 18.8. The van der Waals surface area contributed by atoms with Crippen LogP contribution in [0.5, 0.6) is 5.75 Å². The summed E-state index contributed by atoms with van der Waals surface area (Å²) in [7, 11) is 1.70. The number of aromatic nitrogens is 4. The molecular weight excluding hydrogens is 396 g/mol. The minimum atomic E-state index is 0.184. The predicted molar refractivity (Wildman–Crippen MR) is 128 cm³/mol. The lowest BCUT2D eigenvalue weighted by atomic mass is 10.0. The Morgan fingerprint density at radius 3 is 2.47 bits per heavy atom. The SMILES string of the molecule is COc1cc(-c2cnc3n(C(C)c4ccc(C)cc4)cccc2-3)ccc1-n1cnc(C)c1. The molecule has 2 aliphatic rings. The lowest BCUT2D eigenvalue weighted by molar-refractivity contribution is 0.413. The number of aryl methyl sites for hydroxylation is 2. The normalized spacial score (nSPS) is 12.2. The molecule has 0 radical (unpaired) electrons. The van der Waals surface area contributed by atoms with Crippen molar-refractivity contribution in [2.75, 3.05) is 7.11 Å². The molecule has 5 rings (SSSR count). The summed E-state index contributed by atoms with van der Waals surface area (Å²) in [5.41, 5.74) is 7.75. The Balaban J connectivity index is 1.53. The van der Waals surface area contributed by atoms with E-state index in [2.05, 4.69) is 84.2 Å². The van der Waals surface area contributed by atoms with Crippen LogP contribution in [0.3, 0.4) is 0 Å². The van der Waals surface area contributed by atoms with Gasteiger partial charge in [0, 0.05) is 29.7 Å². The van der Waals surface area contributed by atoms with Crippen molar-refractivity contribution in [2.24, 2.45) is 0 Å². The largest absolute Gasteiger partial charge is 0.495 e. The number of rotatable bonds is 5. The highest BCUT2D eigenvalue weighted by Crippen LogP contribution is 2.38. The lowest BCUT2D eigenvalue weighted by Gasteiger charge is -2.20. The van der Waals surface area contributed by atoms with Crippen LogP contribution in [0.2, 0.25) is 0 Å². The Morgan fingerprint density at radius 1 is 0.938 bits per heavy atom. The van der Waals surface area contributed by atoms with E-state index in [-0.39, 0.29) is 6.04 Å². The van der Waals surface area contributed by atoms with E-state index in [1.165, 1.54) is 11.1 Å². The lowest BCUT2D eigenvalue weighted by Crippen LogP contribution is -2.10. The van der Waals surface area contributed by atoms with Crippen LogP contribution in [0.1, 0.15) is 29.8 Å². The van der Waals surface area contributed by atoms with Gasteiger partial charge in [-0.05, 0) is 56.2 Å². The highest BCUT2D eigenvalue weighted by atomic mass is 16.5. The Kier molecular flexibility index (Phi) is 5.02. The van der Waals surface area contributed by atoms with E-state index in [0.717, 1.165) is 39.6 Å². The third kappa shape index (κ3) is 3.46. The van der Waals surface area contributed by atoms with Gasteiger partial charge >= 0.3 is 0 Å². The number of benzene rings is 2. The number of pyridine rings is 1. The first kappa shape index (κ1) is 20.1. The van der Waals surface area contributed by atoms with Crippen molar-refractivity contribution in [1.82, 2.24) is 19.1 Å². The van der Waals surface area contributed by atoms with Crippen LogP contribution >= 0.6 is 0 Å². The number of hydrogen-bond donors (Lipinski definition) is 0. The second kappa shape index (κ2) is 8.00. The Hall–Kier alpha value is -3.86. The van der Waals surface area contributed by atoms with E-state index < -0.39 is 0 Å². The molecule has 5 heteroatoms. The van der Waals surface area contributed by atoms with E-state index >= 15 is 0 Å². The topological polar surface area (TPSA) is 44.9 Å². The van der Waals surface area contributed by atoms with Crippen LogP contribution in [0.25, 0.3) is 28.2 Å². The summed E-state index contributed by atoms with van der Waals surface area (Å²) in [6, 6.07) is 19.4. The molecule has 0 saturated heterocycles. The summed E-state index contributed by atoms with van der Waals surface area (Å²) in [6.45, 7) is 6.30. The predicted octanol–water partition coefficient (Wildman–Crippen LogP) is 6.08. The minimum absolute atomic E-state index is 0.184. The number of ether oxygens (including phenoxy) is 1. The van der Waals surface area contributed by atoms with Crippen molar-refractivity contribution >= 4 is 0 Å². The molecule has 32 heavy (non-hydrogen) atoms. The summed E-state index contributed by atoms with van der Waals surface area (Å²) in [6.07, 6.45) is 7.86. The van der Waals surface area contributed by atoms with Crippen LogP contribution in [0.4, 0.5) is 0 Å². The molecule has 1 aromatic heterocycles. The second-order valence-corrected chi connectivity index (χ2v) is 8.22. The molecule has 0 amide bonds. The zero-order valence-electron chi connectivity index (χ0n) is 18.8. The van der Waals surface area contributed by atoms with E-state index in [4.69, 9.17) is 9.72 Å². The summed E-state index contributed by atoms with van der Waals surface area (Å²) in [5, 5.41) is 0. The maximum absolute atomic E-state index is 5.71. The Labute approximate surface area is 188 Å². The fourth-order valence-corrected chi connectivity index (χ4v) is 4.22. The van der Waals surface area contributed by atoms with Gasteiger partial charge in [-0.2, -0.15) is 0 Å². The molecule has 2 aliphatic heterocycles. The average molecular weight is 423 g/mol. The molecule has 1 atom stereocenters. The highest BCUT2D eigenvalue weighted by Gasteiger charge is 2.20. The zero-order chi connectivity index (χ0) is 22.2. The highest BCUT2D eigenvalue weighted by molar-refractivity contribution is 5.83. The third-order valence-corrected chi connectivity index (χ3v) is 6.06. The molecule has 160 valence electrons. The van der Waals surface area contributed by atoms with Gasteiger partial charge in [0.2, 0.25) is 0 Å². The van der Waals surface area contributed by atoms with E-state index in [9.17, 15) is 0 Å². The van der Waals surface area contributed by atoms with Gasteiger partial charge in [0.1, 0.15) is 11.6 Å².